The third kappa shape index (κ3) is 6.33. The highest BCUT2D eigenvalue weighted by Crippen LogP contribution is 2.40. The van der Waals surface area contributed by atoms with E-state index in [1.807, 2.05) is 20.8 Å². The summed E-state index contributed by atoms with van der Waals surface area (Å²) in [4.78, 5) is 36.7. The molecule has 42 heavy (non-hydrogen) atoms. The topological polar surface area (TPSA) is 92.6 Å². The van der Waals surface area contributed by atoms with E-state index < -0.39 is 46.2 Å². The number of ketones is 1. The molecule has 7 nitrogen and oxygen atoms in total. The number of benzene rings is 1. The number of fused-ring (bicyclic) bond motifs is 1. The first kappa shape index (κ1) is 29.7. The van der Waals surface area contributed by atoms with Gasteiger partial charge in [0, 0.05) is 42.5 Å². The molecule has 2 aromatic heterocycles. The van der Waals surface area contributed by atoms with Gasteiger partial charge in [-0.05, 0) is 76.6 Å². The van der Waals surface area contributed by atoms with Crippen LogP contribution in [0.25, 0.3) is 11.3 Å². The van der Waals surface area contributed by atoms with Gasteiger partial charge in [-0.15, -0.1) is 0 Å². The maximum atomic E-state index is 14.6. The molecule has 1 aliphatic carbocycles. The molecule has 1 aliphatic heterocycles. The fourth-order valence-electron chi connectivity index (χ4n) is 5.89. The summed E-state index contributed by atoms with van der Waals surface area (Å²) in [5.41, 5.74) is 0.932. The highest BCUT2D eigenvalue weighted by molar-refractivity contribution is 5.97. The first-order valence-electron chi connectivity index (χ1n) is 14.2. The number of carbonyl (C=O) groups excluding carboxylic acids is 2. The van der Waals surface area contributed by atoms with Crippen LogP contribution in [0.5, 0.6) is 0 Å². The summed E-state index contributed by atoms with van der Waals surface area (Å²) in [6.07, 6.45) is 3.77. The number of aromatic nitrogens is 2. The lowest BCUT2D eigenvalue weighted by atomic mass is 9.92. The van der Waals surface area contributed by atoms with E-state index in [0.29, 0.717) is 37.2 Å². The molecule has 0 spiro atoms. The van der Waals surface area contributed by atoms with Crippen molar-refractivity contribution in [3.8, 4) is 11.3 Å². The molecule has 2 aliphatic rings. The Morgan fingerprint density at radius 3 is 2.52 bits per heavy atom. The van der Waals surface area contributed by atoms with Crippen molar-refractivity contribution in [1.29, 1.82) is 0 Å². The standard InChI is InChI=1S/C32H34F3N3O4/c1-32(2,3)42-27(41)14-18-6-5-13-38(17-18)31-19(16-36-29-20(31)9-12-25(29)39)15-26(40)24-11-10-23(35)30(37-24)28-21(33)7-4-8-22(28)34/h4,7-8,10-11,16,18,25,39H,5-6,9,12-15,17H2,1-3H3/t18-,25?/m1/s1. The zero-order valence-electron chi connectivity index (χ0n) is 23.9. The van der Waals surface area contributed by atoms with Crippen molar-refractivity contribution in [2.45, 2.75) is 71.0 Å². The Hall–Kier alpha value is -3.79. The van der Waals surface area contributed by atoms with E-state index in [2.05, 4.69) is 14.9 Å². The Morgan fingerprint density at radius 2 is 1.81 bits per heavy atom. The van der Waals surface area contributed by atoms with Crippen LogP contribution in [0.4, 0.5) is 18.9 Å². The number of hydrogen-bond donors (Lipinski definition) is 1. The second-order valence-electron chi connectivity index (χ2n) is 12.0. The monoisotopic (exact) mass is 581 g/mol. The number of pyridine rings is 2. The van der Waals surface area contributed by atoms with Gasteiger partial charge >= 0.3 is 5.97 Å². The number of hydrogen-bond acceptors (Lipinski definition) is 7. The lowest BCUT2D eigenvalue weighted by Gasteiger charge is -2.36. The Bertz CT molecular complexity index is 1500. The molecule has 10 heteroatoms. The second-order valence-corrected chi connectivity index (χ2v) is 12.0. The van der Waals surface area contributed by atoms with Crippen LogP contribution in [0.3, 0.4) is 0 Å². The summed E-state index contributed by atoms with van der Waals surface area (Å²) in [6.45, 7) is 6.76. The largest absolute Gasteiger partial charge is 0.460 e. The van der Waals surface area contributed by atoms with E-state index in [1.54, 1.807) is 6.20 Å². The van der Waals surface area contributed by atoms with Crippen molar-refractivity contribution in [2.75, 3.05) is 18.0 Å². The summed E-state index contributed by atoms with van der Waals surface area (Å²) < 4.78 is 49.0. The number of piperidine rings is 1. The molecule has 0 bridgehead atoms. The van der Waals surface area contributed by atoms with E-state index in [4.69, 9.17) is 4.74 Å². The molecule has 0 saturated carbocycles. The third-order valence-corrected chi connectivity index (χ3v) is 7.63. The Kier molecular flexibility index (Phi) is 8.37. The molecule has 5 rings (SSSR count). The summed E-state index contributed by atoms with van der Waals surface area (Å²) in [6, 6.07) is 5.34. The molecule has 1 N–H and O–H groups in total. The van der Waals surface area contributed by atoms with Crippen molar-refractivity contribution in [3.63, 3.8) is 0 Å². The summed E-state index contributed by atoms with van der Waals surface area (Å²) in [5, 5.41) is 10.5. The van der Waals surface area contributed by atoms with Crippen LogP contribution in [0.1, 0.15) is 79.9 Å². The van der Waals surface area contributed by atoms with E-state index in [-0.39, 0.29) is 30.4 Å². The Morgan fingerprint density at radius 1 is 1.07 bits per heavy atom. The number of aliphatic hydroxyl groups excluding tert-OH is 1. The van der Waals surface area contributed by atoms with Crippen LogP contribution in [0.2, 0.25) is 0 Å². The Balaban J connectivity index is 1.44. The van der Waals surface area contributed by atoms with Crippen LogP contribution in [0, 0.1) is 23.4 Å². The van der Waals surface area contributed by atoms with Gasteiger partial charge in [0.25, 0.3) is 0 Å². The van der Waals surface area contributed by atoms with Crippen LogP contribution in [0.15, 0.2) is 36.5 Å². The maximum absolute atomic E-state index is 14.6. The minimum absolute atomic E-state index is 0.0456. The number of ether oxygens (including phenoxy) is 1. The average Bonchev–Trinajstić information content (AvgIpc) is 3.28. The van der Waals surface area contributed by atoms with Gasteiger partial charge in [0.15, 0.2) is 5.78 Å². The number of rotatable bonds is 7. The van der Waals surface area contributed by atoms with Crippen LogP contribution >= 0.6 is 0 Å². The van der Waals surface area contributed by atoms with Crippen molar-refractivity contribution in [2.24, 2.45) is 5.92 Å². The normalized spacial score (nSPS) is 18.6. The van der Waals surface area contributed by atoms with Gasteiger partial charge in [0.2, 0.25) is 0 Å². The first-order chi connectivity index (χ1) is 19.9. The second kappa shape index (κ2) is 11.8. The van der Waals surface area contributed by atoms with Gasteiger partial charge < -0.3 is 14.7 Å². The number of halogens is 3. The third-order valence-electron chi connectivity index (χ3n) is 7.63. The van der Waals surface area contributed by atoms with Gasteiger partial charge in [-0.1, -0.05) is 6.07 Å². The number of esters is 1. The Labute approximate surface area is 242 Å². The lowest BCUT2D eigenvalue weighted by molar-refractivity contribution is -0.156. The van der Waals surface area contributed by atoms with Crippen molar-refractivity contribution in [3.05, 3.63) is 76.5 Å². The van der Waals surface area contributed by atoms with Gasteiger partial charge in [-0.3, -0.25) is 14.6 Å². The van der Waals surface area contributed by atoms with Gasteiger partial charge in [-0.25, -0.2) is 18.2 Å². The van der Waals surface area contributed by atoms with Crippen LogP contribution < -0.4 is 4.90 Å². The molecular formula is C32H34F3N3O4. The zero-order chi connectivity index (χ0) is 30.2. The molecule has 1 unspecified atom stereocenters. The highest BCUT2D eigenvalue weighted by Gasteiger charge is 2.33. The molecule has 2 atom stereocenters. The smallest absolute Gasteiger partial charge is 0.306 e. The van der Waals surface area contributed by atoms with Crippen LogP contribution in [-0.2, 0) is 22.4 Å². The fourth-order valence-corrected chi connectivity index (χ4v) is 5.89. The molecule has 0 amide bonds. The predicted molar refractivity (Wildman–Crippen MR) is 150 cm³/mol. The molecular weight excluding hydrogens is 547 g/mol. The molecule has 1 fully saturated rings. The number of nitrogens with zero attached hydrogens (tertiary/aromatic N) is 3. The maximum Gasteiger partial charge on any atom is 0.306 e. The fraction of sp³-hybridized carbons (Fsp3) is 0.438. The van der Waals surface area contributed by atoms with Crippen molar-refractivity contribution >= 4 is 17.4 Å². The minimum atomic E-state index is -0.985. The molecule has 3 heterocycles. The van der Waals surface area contributed by atoms with E-state index >= 15 is 0 Å². The molecule has 1 saturated heterocycles. The zero-order valence-corrected chi connectivity index (χ0v) is 23.9. The molecule has 1 aromatic carbocycles. The van der Waals surface area contributed by atoms with Crippen molar-refractivity contribution in [1.82, 2.24) is 9.97 Å². The van der Waals surface area contributed by atoms with Crippen molar-refractivity contribution < 1.29 is 32.6 Å². The molecule has 0 radical (unpaired) electrons. The first-order valence-corrected chi connectivity index (χ1v) is 14.2. The molecule has 3 aromatic rings. The average molecular weight is 582 g/mol. The number of Topliss-reactive ketones (excluding diaryl/α,β-unsaturated/α-hetero) is 1. The predicted octanol–water partition coefficient (Wildman–Crippen LogP) is 5.91. The van der Waals surface area contributed by atoms with Gasteiger partial charge in [0.1, 0.15) is 34.4 Å². The van der Waals surface area contributed by atoms with E-state index in [0.717, 1.165) is 42.3 Å². The summed E-state index contributed by atoms with van der Waals surface area (Å²) in [5.74, 6) is -3.61. The highest BCUT2D eigenvalue weighted by atomic mass is 19.1. The van der Waals surface area contributed by atoms with Gasteiger partial charge in [-0.2, -0.15) is 0 Å². The number of carbonyl (C=O) groups is 2. The quantitative estimate of drug-likeness (QED) is 0.274. The number of anilines is 1. The van der Waals surface area contributed by atoms with E-state index in [1.165, 1.54) is 12.1 Å². The summed E-state index contributed by atoms with van der Waals surface area (Å²) >= 11 is 0. The number of aliphatic hydroxyl groups is 1. The van der Waals surface area contributed by atoms with Crippen LogP contribution in [-0.4, -0.2) is 45.5 Å². The SMILES string of the molecule is CC(C)(C)OC(=O)C[C@H]1CCCN(c2c(CC(=O)c3ccc(F)c(-c4c(F)cccc4F)n3)cnc3c2CCC3O)C1. The minimum Gasteiger partial charge on any atom is -0.460 e. The lowest BCUT2D eigenvalue weighted by Crippen LogP contribution is -2.38. The van der Waals surface area contributed by atoms with Gasteiger partial charge in [0.05, 0.1) is 23.8 Å². The molecule has 222 valence electrons. The van der Waals surface area contributed by atoms with E-state index in [9.17, 15) is 27.9 Å². The summed E-state index contributed by atoms with van der Waals surface area (Å²) in [7, 11) is 0.